The van der Waals surface area contributed by atoms with E-state index in [-0.39, 0.29) is 0 Å². The van der Waals surface area contributed by atoms with Crippen LogP contribution in [0.3, 0.4) is 0 Å². The summed E-state index contributed by atoms with van der Waals surface area (Å²) in [5, 5.41) is 8.13. The second kappa shape index (κ2) is 8.01. The molecule has 1 rings (SSSR count). The van der Waals surface area contributed by atoms with Gasteiger partial charge in [0.25, 0.3) is 0 Å². The number of hydrogen-bond acceptors (Lipinski definition) is 2. The Morgan fingerprint density at radius 2 is 2.16 bits per heavy atom. The summed E-state index contributed by atoms with van der Waals surface area (Å²) in [5.74, 6) is 2.73. The summed E-state index contributed by atoms with van der Waals surface area (Å²) in [5.41, 5.74) is 3.81. The van der Waals surface area contributed by atoms with Gasteiger partial charge in [-0.1, -0.05) is 6.92 Å². The smallest absolute Gasteiger partial charge is 0.0628 e. The molecule has 0 aliphatic heterocycles. The summed E-state index contributed by atoms with van der Waals surface area (Å²) in [6, 6.07) is 0.509. The lowest BCUT2D eigenvalue weighted by molar-refractivity contribution is 0.466. The van der Waals surface area contributed by atoms with Crippen LogP contribution in [0, 0.1) is 26.2 Å². The first kappa shape index (κ1) is 15.8. The maximum Gasteiger partial charge on any atom is 0.0628 e. The van der Waals surface area contributed by atoms with E-state index in [9.17, 15) is 0 Å². The van der Waals surface area contributed by atoms with Crippen LogP contribution < -0.4 is 5.32 Å². The first-order valence-corrected chi connectivity index (χ1v) is 7.26. The monoisotopic (exact) mass is 261 g/mol. The second-order valence-electron chi connectivity index (χ2n) is 5.22. The number of aryl methyl sites for hydroxylation is 2. The summed E-state index contributed by atoms with van der Waals surface area (Å²) in [6.45, 7) is 7.51. The van der Waals surface area contributed by atoms with Gasteiger partial charge in [0, 0.05) is 25.2 Å². The van der Waals surface area contributed by atoms with Crippen molar-refractivity contribution in [1.82, 2.24) is 15.1 Å². The van der Waals surface area contributed by atoms with Crippen molar-refractivity contribution in [1.29, 1.82) is 0 Å². The highest BCUT2D eigenvalue weighted by Crippen LogP contribution is 2.16. The molecule has 0 fully saturated rings. The molecule has 1 heterocycles. The van der Waals surface area contributed by atoms with E-state index in [2.05, 4.69) is 37.1 Å². The van der Waals surface area contributed by atoms with Crippen LogP contribution in [0.4, 0.5) is 0 Å². The quantitative estimate of drug-likeness (QED) is 0.576. The lowest BCUT2D eigenvalue weighted by atomic mass is 9.99. The number of hydrogen-bond donors (Lipinski definition) is 1. The van der Waals surface area contributed by atoms with Gasteiger partial charge in [-0.05, 0) is 51.6 Å². The summed E-state index contributed by atoms with van der Waals surface area (Å²) in [6.07, 6.45) is 10.7. The minimum atomic E-state index is 0.509. The molecule has 1 N–H and O–H groups in total. The molecule has 0 saturated carbocycles. The van der Waals surface area contributed by atoms with Crippen molar-refractivity contribution in [3.63, 3.8) is 0 Å². The van der Waals surface area contributed by atoms with Crippen LogP contribution in [0.15, 0.2) is 0 Å². The van der Waals surface area contributed by atoms with Crippen molar-refractivity contribution >= 4 is 0 Å². The van der Waals surface area contributed by atoms with Gasteiger partial charge in [0.1, 0.15) is 0 Å². The zero-order valence-corrected chi connectivity index (χ0v) is 12.8. The Kier molecular flexibility index (Phi) is 6.66. The Balaban J connectivity index is 2.67. The molecule has 0 amide bonds. The number of unbranched alkanes of at least 4 members (excludes halogenated alkanes) is 1. The van der Waals surface area contributed by atoms with E-state index in [0.29, 0.717) is 6.04 Å². The van der Waals surface area contributed by atoms with Crippen LogP contribution in [-0.2, 0) is 13.5 Å². The molecule has 1 aromatic rings. The molecule has 0 saturated heterocycles. The van der Waals surface area contributed by atoms with Gasteiger partial charge in [-0.15, -0.1) is 12.3 Å². The van der Waals surface area contributed by atoms with Crippen molar-refractivity contribution in [2.24, 2.45) is 7.05 Å². The van der Waals surface area contributed by atoms with Crippen molar-refractivity contribution in [3.05, 3.63) is 17.0 Å². The molecule has 0 spiro atoms. The molecular weight excluding hydrogens is 234 g/mol. The Labute approximate surface area is 117 Å². The zero-order chi connectivity index (χ0) is 14.3. The minimum absolute atomic E-state index is 0.509. The molecular formula is C16H27N3. The molecule has 1 aromatic heterocycles. The Bertz CT molecular complexity index is 426. The van der Waals surface area contributed by atoms with Crippen molar-refractivity contribution in [3.8, 4) is 12.3 Å². The maximum absolute atomic E-state index is 5.34. The minimum Gasteiger partial charge on any atom is -0.314 e. The number of aromatic nitrogens is 2. The number of nitrogens with zero attached hydrogens (tertiary/aromatic N) is 2. The number of nitrogens with one attached hydrogen (secondary N) is 1. The third kappa shape index (κ3) is 4.72. The van der Waals surface area contributed by atoms with Gasteiger partial charge < -0.3 is 5.32 Å². The van der Waals surface area contributed by atoms with Crippen LogP contribution in [-0.4, -0.2) is 22.4 Å². The standard InChI is InChI=1S/C16H27N3/c1-6-8-9-10-15(17-11-7-2)12-16-13(3)18-19(5)14(16)4/h1,15,17H,7-12H2,2-5H3. The Morgan fingerprint density at radius 1 is 1.42 bits per heavy atom. The lowest BCUT2D eigenvalue weighted by Gasteiger charge is -2.18. The van der Waals surface area contributed by atoms with Crippen molar-refractivity contribution in [2.45, 2.75) is 58.9 Å². The average molecular weight is 261 g/mol. The fourth-order valence-corrected chi connectivity index (χ4v) is 2.43. The lowest BCUT2D eigenvalue weighted by Crippen LogP contribution is -2.32. The van der Waals surface area contributed by atoms with Crippen LogP contribution in [0.1, 0.15) is 49.6 Å². The molecule has 0 radical (unpaired) electrons. The van der Waals surface area contributed by atoms with E-state index in [4.69, 9.17) is 6.42 Å². The van der Waals surface area contributed by atoms with E-state index in [1.54, 1.807) is 0 Å². The fourth-order valence-electron chi connectivity index (χ4n) is 2.43. The summed E-state index contributed by atoms with van der Waals surface area (Å²) >= 11 is 0. The Hall–Kier alpha value is -1.27. The largest absolute Gasteiger partial charge is 0.314 e. The van der Waals surface area contributed by atoms with Gasteiger partial charge in [0.2, 0.25) is 0 Å². The molecule has 19 heavy (non-hydrogen) atoms. The fraction of sp³-hybridized carbons (Fsp3) is 0.688. The van der Waals surface area contributed by atoms with Crippen LogP contribution in [0.5, 0.6) is 0 Å². The normalized spacial score (nSPS) is 12.4. The highest BCUT2D eigenvalue weighted by molar-refractivity contribution is 5.25. The van der Waals surface area contributed by atoms with Gasteiger partial charge in [-0.25, -0.2) is 0 Å². The van der Waals surface area contributed by atoms with Crippen molar-refractivity contribution in [2.75, 3.05) is 6.54 Å². The molecule has 106 valence electrons. The summed E-state index contributed by atoms with van der Waals surface area (Å²) in [4.78, 5) is 0. The summed E-state index contributed by atoms with van der Waals surface area (Å²) < 4.78 is 1.98. The third-order valence-electron chi connectivity index (χ3n) is 3.67. The molecule has 0 aliphatic rings. The van der Waals surface area contributed by atoms with E-state index in [0.717, 1.165) is 44.3 Å². The third-order valence-corrected chi connectivity index (χ3v) is 3.67. The first-order chi connectivity index (χ1) is 9.10. The van der Waals surface area contributed by atoms with Gasteiger partial charge >= 0.3 is 0 Å². The second-order valence-corrected chi connectivity index (χ2v) is 5.22. The SMILES string of the molecule is C#CCCCC(Cc1c(C)nn(C)c1C)NCCC. The van der Waals surface area contributed by atoms with Crippen LogP contribution >= 0.6 is 0 Å². The van der Waals surface area contributed by atoms with Gasteiger partial charge in [-0.2, -0.15) is 5.10 Å². The van der Waals surface area contributed by atoms with E-state index in [1.165, 1.54) is 11.3 Å². The average Bonchev–Trinajstić information content (AvgIpc) is 2.62. The maximum atomic E-state index is 5.34. The molecule has 0 aliphatic carbocycles. The van der Waals surface area contributed by atoms with Crippen LogP contribution in [0.25, 0.3) is 0 Å². The van der Waals surface area contributed by atoms with Gasteiger partial charge in [-0.3, -0.25) is 4.68 Å². The predicted octanol–water partition coefficient (Wildman–Crippen LogP) is 2.75. The first-order valence-electron chi connectivity index (χ1n) is 7.26. The topological polar surface area (TPSA) is 29.9 Å². The molecule has 1 atom stereocenters. The molecule has 3 nitrogen and oxygen atoms in total. The molecule has 3 heteroatoms. The molecule has 0 aromatic carbocycles. The predicted molar refractivity (Wildman–Crippen MR) is 81.2 cm³/mol. The van der Waals surface area contributed by atoms with Gasteiger partial charge in [0.05, 0.1) is 5.69 Å². The van der Waals surface area contributed by atoms with Gasteiger partial charge in [0.15, 0.2) is 0 Å². The highest BCUT2D eigenvalue weighted by atomic mass is 15.3. The number of terminal acetylenes is 1. The zero-order valence-electron chi connectivity index (χ0n) is 12.8. The Morgan fingerprint density at radius 3 is 2.68 bits per heavy atom. The molecule has 0 bridgehead atoms. The van der Waals surface area contributed by atoms with E-state index >= 15 is 0 Å². The highest BCUT2D eigenvalue weighted by Gasteiger charge is 2.15. The summed E-state index contributed by atoms with van der Waals surface area (Å²) in [7, 11) is 2.01. The number of rotatable bonds is 8. The van der Waals surface area contributed by atoms with E-state index < -0.39 is 0 Å². The molecule has 1 unspecified atom stereocenters. The van der Waals surface area contributed by atoms with E-state index in [1.807, 2.05) is 11.7 Å². The van der Waals surface area contributed by atoms with Crippen LogP contribution in [0.2, 0.25) is 0 Å². The van der Waals surface area contributed by atoms with Crippen molar-refractivity contribution < 1.29 is 0 Å².